The maximum Gasteiger partial charge on any atom is 0.165 e. The van der Waals surface area contributed by atoms with Gasteiger partial charge in [0.25, 0.3) is 0 Å². The van der Waals surface area contributed by atoms with Gasteiger partial charge in [-0.1, -0.05) is 11.2 Å². The normalized spacial score (nSPS) is 15.2. The minimum Gasteiger partial charge on any atom is -0.389 e. The third-order valence-electron chi connectivity index (χ3n) is 5.51. The number of ether oxygens (including phenoxy) is 1. The summed E-state index contributed by atoms with van der Waals surface area (Å²) >= 11 is 0. The number of allylic oxidation sites excluding steroid dienone is 1. The number of benzene rings is 1. The Morgan fingerprint density at radius 3 is 2.64 bits per heavy atom. The Morgan fingerprint density at radius 2 is 2.00 bits per heavy atom. The maximum atomic E-state index is 9.96. The number of nitrogens with zero attached hydrogens (tertiary/aromatic N) is 4. The fourth-order valence-corrected chi connectivity index (χ4v) is 3.89. The molecule has 0 unspecified atom stereocenters. The highest BCUT2D eigenvalue weighted by atomic mass is 16.5. The van der Waals surface area contributed by atoms with Crippen molar-refractivity contribution in [1.82, 2.24) is 20.4 Å². The van der Waals surface area contributed by atoms with E-state index in [1.165, 1.54) is 6.21 Å². The van der Waals surface area contributed by atoms with Crippen LogP contribution in [0.15, 0.2) is 28.9 Å². The summed E-state index contributed by atoms with van der Waals surface area (Å²) in [7, 11) is 0. The van der Waals surface area contributed by atoms with Gasteiger partial charge in [0.1, 0.15) is 11.6 Å². The Hall–Kier alpha value is -3.30. The lowest BCUT2D eigenvalue weighted by molar-refractivity contribution is 0.0836. The molecule has 3 heterocycles. The van der Waals surface area contributed by atoms with Gasteiger partial charge in [-0.3, -0.25) is 0 Å². The van der Waals surface area contributed by atoms with Gasteiger partial charge in [0.2, 0.25) is 0 Å². The van der Waals surface area contributed by atoms with Crippen LogP contribution in [0.4, 0.5) is 5.82 Å². The van der Waals surface area contributed by atoms with Crippen molar-refractivity contribution in [2.24, 2.45) is 0 Å². The van der Waals surface area contributed by atoms with Gasteiger partial charge >= 0.3 is 0 Å². The van der Waals surface area contributed by atoms with Crippen molar-refractivity contribution < 1.29 is 14.4 Å². The van der Waals surface area contributed by atoms with Crippen molar-refractivity contribution >= 4 is 28.5 Å². The van der Waals surface area contributed by atoms with Crippen molar-refractivity contribution in [3.8, 4) is 11.1 Å². The average molecular weight is 451 g/mol. The maximum absolute atomic E-state index is 9.96. The van der Waals surface area contributed by atoms with Crippen molar-refractivity contribution in [1.29, 1.82) is 5.41 Å². The minimum absolute atomic E-state index is 0.342. The second kappa shape index (κ2) is 9.29. The van der Waals surface area contributed by atoms with E-state index < -0.39 is 5.60 Å². The van der Waals surface area contributed by atoms with Gasteiger partial charge in [-0.25, -0.2) is 9.97 Å². The van der Waals surface area contributed by atoms with E-state index in [1.807, 2.05) is 26.0 Å². The molecule has 1 fully saturated rings. The van der Waals surface area contributed by atoms with E-state index in [2.05, 4.69) is 21.4 Å². The first kappa shape index (κ1) is 22.9. The molecule has 0 aliphatic carbocycles. The number of anilines is 1. The van der Waals surface area contributed by atoms with Gasteiger partial charge in [-0.2, -0.15) is 0 Å². The number of aromatic nitrogens is 3. The van der Waals surface area contributed by atoms with Gasteiger partial charge in [-0.15, -0.1) is 0 Å². The number of rotatable bonds is 7. The zero-order chi connectivity index (χ0) is 23.6. The number of aryl methyl sites for hydroxylation is 2. The van der Waals surface area contributed by atoms with E-state index >= 15 is 0 Å². The quantitative estimate of drug-likeness (QED) is 0.470. The number of nitrogens with one attached hydrogen (secondary N) is 2. The molecule has 0 amide bonds. The molecular weight excluding hydrogens is 420 g/mol. The zero-order valence-electron chi connectivity index (χ0n) is 19.5. The average Bonchev–Trinajstić information content (AvgIpc) is 3.13. The molecule has 1 aliphatic rings. The largest absolute Gasteiger partial charge is 0.389 e. The van der Waals surface area contributed by atoms with Crippen LogP contribution in [-0.4, -0.2) is 64.9 Å². The summed E-state index contributed by atoms with van der Waals surface area (Å²) in [5, 5.41) is 25.9. The first-order valence-corrected chi connectivity index (χ1v) is 11.0. The van der Waals surface area contributed by atoms with Crippen LogP contribution in [-0.2, 0) is 4.74 Å². The van der Waals surface area contributed by atoms with Gasteiger partial charge in [0, 0.05) is 43.0 Å². The second-order valence-electron chi connectivity index (χ2n) is 8.84. The highest BCUT2D eigenvalue weighted by Gasteiger charge is 2.20. The zero-order valence-corrected chi connectivity index (χ0v) is 19.5. The molecule has 9 heteroatoms. The Kier molecular flexibility index (Phi) is 6.44. The van der Waals surface area contributed by atoms with Crippen molar-refractivity contribution in [3.05, 3.63) is 41.7 Å². The molecule has 0 spiro atoms. The highest BCUT2D eigenvalue weighted by Crippen LogP contribution is 2.33. The molecule has 0 bridgehead atoms. The predicted molar refractivity (Wildman–Crippen MR) is 129 cm³/mol. The first-order chi connectivity index (χ1) is 15.8. The van der Waals surface area contributed by atoms with Crippen molar-refractivity contribution in [2.45, 2.75) is 33.3 Å². The molecule has 0 saturated carbocycles. The third-order valence-corrected chi connectivity index (χ3v) is 5.51. The van der Waals surface area contributed by atoms with E-state index in [0.29, 0.717) is 31.2 Å². The van der Waals surface area contributed by atoms with Crippen LogP contribution in [0, 0.1) is 19.3 Å². The lowest BCUT2D eigenvalue weighted by Gasteiger charge is -2.29. The summed E-state index contributed by atoms with van der Waals surface area (Å²) < 4.78 is 10.9. The molecule has 4 rings (SSSR count). The predicted octanol–water partition coefficient (Wildman–Crippen LogP) is 3.09. The molecule has 174 valence electrons. The van der Waals surface area contributed by atoms with Crippen LogP contribution in [0.5, 0.6) is 0 Å². The first-order valence-electron chi connectivity index (χ1n) is 11.0. The molecule has 9 nitrogen and oxygen atoms in total. The summed E-state index contributed by atoms with van der Waals surface area (Å²) in [5.41, 5.74) is 3.26. The monoisotopic (exact) mass is 450 g/mol. The van der Waals surface area contributed by atoms with Gasteiger partial charge < -0.3 is 30.0 Å². The molecular formula is C24H30N6O3. The van der Waals surface area contributed by atoms with Crippen LogP contribution < -0.4 is 10.2 Å². The molecule has 3 N–H and O–H groups in total. The third kappa shape index (κ3) is 5.04. The van der Waals surface area contributed by atoms with Gasteiger partial charge in [-0.05, 0) is 45.4 Å². The smallest absolute Gasteiger partial charge is 0.165 e. The number of aliphatic hydroxyl groups is 1. The molecule has 1 aromatic carbocycles. The number of hydrogen-bond acceptors (Lipinski definition) is 9. The van der Waals surface area contributed by atoms with Crippen LogP contribution in [0.3, 0.4) is 0 Å². The lowest BCUT2D eigenvalue weighted by Crippen LogP contribution is -2.37. The van der Waals surface area contributed by atoms with Crippen LogP contribution in [0.1, 0.15) is 31.1 Å². The molecule has 1 aliphatic heterocycles. The summed E-state index contributed by atoms with van der Waals surface area (Å²) in [4.78, 5) is 11.8. The number of hydrogen-bond donors (Lipinski definition) is 3. The molecule has 0 radical (unpaired) electrons. The Labute approximate surface area is 193 Å². The summed E-state index contributed by atoms with van der Waals surface area (Å²) in [6.07, 6.45) is 2.90. The standard InChI is InChI=1S/C24H30N6O3/c1-15-21(16(2)33-29-15)17-5-6-20-19(11-17)23(30-7-9-32-10-8-30)28-22(27-20)18(12-25)13-26-14-24(3,4)31/h5-6,11-13,25-26,31H,7-10,14H2,1-4H3/b18-13+,25-12?. The van der Waals surface area contributed by atoms with E-state index in [1.54, 1.807) is 20.0 Å². The van der Waals surface area contributed by atoms with Crippen molar-refractivity contribution in [2.75, 3.05) is 37.7 Å². The Balaban J connectivity index is 1.82. The van der Waals surface area contributed by atoms with Crippen LogP contribution in [0.25, 0.3) is 27.6 Å². The molecule has 3 aromatic rings. The summed E-state index contributed by atoms with van der Waals surface area (Å²) in [6.45, 7) is 10.3. The number of fused-ring (bicyclic) bond motifs is 1. The lowest BCUT2D eigenvalue weighted by atomic mass is 10.0. The fraction of sp³-hybridized carbons (Fsp3) is 0.417. The van der Waals surface area contributed by atoms with Gasteiger partial charge in [0.05, 0.1) is 35.6 Å². The SMILES string of the molecule is Cc1noc(C)c1-c1ccc2nc(/C(C=N)=C/NCC(C)(C)O)nc(N3CCOCC3)c2c1. The topological polar surface area (TPSA) is 120 Å². The Morgan fingerprint density at radius 1 is 1.24 bits per heavy atom. The van der Waals surface area contributed by atoms with E-state index in [9.17, 15) is 5.11 Å². The molecule has 2 aromatic heterocycles. The van der Waals surface area contributed by atoms with E-state index in [0.717, 1.165) is 52.4 Å². The Bertz CT molecular complexity index is 1170. The van der Waals surface area contributed by atoms with Crippen molar-refractivity contribution in [3.63, 3.8) is 0 Å². The fourth-order valence-electron chi connectivity index (χ4n) is 3.89. The van der Waals surface area contributed by atoms with Crippen LogP contribution >= 0.6 is 0 Å². The summed E-state index contributed by atoms with van der Waals surface area (Å²) in [5.74, 6) is 2.03. The molecule has 1 saturated heterocycles. The minimum atomic E-state index is -0.874. The van der Waals surface area contributed by atoms with Crippen LogP contribution in [0.2, 0.25) is 0 Å². The van der Waals surface area contributed by atoms with E-state index in [4.69, 9.17) is 24.6 Å². The molecule has 0 atom stereocenters. The number of morpholine rings is 1. The second-order valence-corrected chi connectivity index (χ2v) is 8.84. The summed E-state index contributed by atoms with van der Waals surface area (Å²) in [6, 6.07) is 6.06. The molecule has 33 heavy (non-hydrogen) atoms. The van der Waals surface area contributed by atoms with E-state index in [-0.39, 0.29) is 0 Å². The highest BCUT2D eigenvalue weighted by molar-refractivity contribution is 6.07. The van der Waals surface area contributed by atoms with Gasteiger partial charge in [0.15, 0.2) is 5.82 Å².